The zero-order valence-electron chi connectivity index (χ0n) is 18.8. The van der Waals surface area contributed by atoms with E-state index in [4.69, 9.17) is 9.72 Å². The number of hydrogen-bond acceptors (Lipinski definition) is 5. The van der Waals surface area contributed by atoms with E-state index in [1.165, 1.54) is 11.3 Å². The first-order valence-electron chi connectivity index (χ1n) is 11.1. The van der Waals surface area contributed by atoms with Gasteiger partial charge in [-0.3, -0.25) is 9.69 Å². The minimum Gasteiger partial charge on any atom is -0.497 e. The lowest BCUT2D eigenvalue weighted by Crippen LogP contribution is -2.32. The van der Waals surface area contributed by atoms with E-state index in [1.807, 2.05) is 71.4 Å². The van der Waals surface area contributed by atoms with E-state index >= 15 is 0 Å². The number of imidazole rings is 1. The number of amides is 1. The Morgan fingerprint density at radius 2 is 1.82 bits per heavy atom. The molecule has 0 fully saturated rings. The number of carbonyl (C=O) groups excluding carboxylic acids is 1. The maximum Gasteiger partial charge on any atom is 0.260 e. The number of nitrogens with zero attached hydrogens (tertiary/aromatic N) is 4. The zero-order chi connectivity index (χ0) is 23.3. The van der Waals surface area contributed by atoms with Crippen LogP contribution in [0.4, 0.5) is 5.13 Å². The summed E-state index contributed by atoms with van der Waals surface area (Å²) in [4.78, 5) is 24.3. The van der Waals surface area contributed by atoms with Gasteiger partial charge in [0.1, 0.15) is 5.75 Å². The van der Waals surface area contributed by atoms with Crippen LogP contribution >= 0.6 is 11.3 Å². The highest BCUT2D eigenvalue weighted by atomic mass is 32.1. The third-order valence-electron chi connectivity index (χ3n) is 5.66. The van der Waals surface area contributed by atoms with Crippen LogP contribution in [-0.2, 0) is 6.54 Å². The zero-order valence-corrected chi connectivity index (χ0v) is 19.6. The van der Waals surface area contributed by atoms with Crippen LogP contribution < -0.4 is 9.64 Å². The highest BCUT2D eigenvalue weighted by Crippen LogP contribution is 2.32. The lowest BCUT2D eigenvalue weighted by molar-refractivity contribution is 0.0986. The topological polar surface area (TPSA) is 60.2 Å². The lowest BCUT2D eigenvalue weighted by Gasteiger charge is -2.20. The van der Waals surface area contributed by atoms with Gasteiger partial charge in [0.15, 0.2) is 5.13 Å². The van der Waals surface area contributed by atoms with E-state index in [-0.39, 0.29) is 5.91 Å². The van der Waals surface area contributed by atoms with Crippen LogP contribution in [0.15, 0.2) is 91.5 Å². The highest BCUT2D eigenvalue weighted by Gasteiger charge is 2.21. The Morgan fingerprint density at radius 3 is 2.56 bits per heavy atom. The smallest absolute Gasteiger partial charge is 0.260 e. The van der Waals surface area contributed by atoms with Gasteiger partial charge >= 0.3 is 0 Å². The molecule has 0 spiro atoms. The molecule has 0 aliphatic rings. The predicted molar refractivity (Wildman–Crippen MR) is 137 cm³/mol. The standard InChI is InChI=1S/C27H24N4O2S/c1-33-23-12-13-24-25(18-23)34-27(29-24)31(16-5-15-30-17-14-28-19-30)26(32)22-10-8-21(9-11-22)20-6-3-2-4-7-20/h2-4,6-14,17-19H,5,15-16H2,1H3. The summed E-state index contributed by atoms with van der Waals surface area (Å²) in [5.74, 6) is 0.716. The third-order valence-corrected chi connectivity index (χ3v) is 6.70. The molecule has 0 aliphatic carbocycles. The number of anilines is 1. The summed E-state index contributed by atoms with van der Waals surface area (Å²) in [5, 5.41) is 0.686. The Balaban J connectivity index is 1.42. The van der Waals surface area contributed by atoms with Gasteiger partial charge in [-0.2, -0.15) is 0 Å². The van der Waals surface area contributed by atoms with E-state index in [0.29, 0.717) is 17.2 Å². The molecule has 0 saturated heterocycles. The summed E-state index contributed by atoms with van der Waals surface area (Å²) in [6.07, 6.45) is 6.26. The van der Waals surface area contributed by atoms with Crippen LogP contribution in [0.1, 0.15) is 16.8 Å². The molecule has 0 unspecified atom stereocenters. The summed E-state index contributed by atoms with van der Waals surface area (Å²) >= 11 is 1.50. The van der Waals surface area contributed by atoms with E-state index in [0.717, 1.165) is 40.1 Å². The molecule has 6 nitrogen and oxygen atoms in total. The van der Waals surface area contributed by atoms with Gasteiger partial charge in [0, 0.05) is 31.0 Å². The second-order valence-corrected chi connectivity index (χ2v) is 8.89. The Labute approximate surface area is 202 Å². The summed E-state index contributed by atoms with van der Waals surface area (Å²) in [6.45, 7) is 1.32. The van der Waals surface area contributed by atoms with Crippen molar-refractivity contribution in [3.05, 3.63) is 97.1 Å². The van der Waals surface area contributed by atoms with Gasteiger partial charge in [-0.15, -0.1) is 0 Å². The predicted octanol–water partition coefficient (Wildman–Crippen LogP) is 5.91. The van der Waals surface area contributed by atoms with Gasteiger partial charge in [-0.25, -0.2) is 9.97 Å². The quantitative estimate of drug-likeness (QED) is 0.284. The maximum absolute atomic E-state index is 13.6. The minimum absolute atomic E-state index is 0.0590. The molecule has 0 aliphatic heterocycles. The Hall–Kier alpha value is -3.97. The second kappa shape index (κ2) is 9.89. The summed E-state index contributed by atoms with van der Waals surface area (Å²) in [7, 11) is 1.65. The van der Waals surface area contributed by atoms with Crippen molar-refractivity contribution in [1.29, 1.82) is 0 Å². The average Bonchev–Trinajstić information content (AvgIpc) is 3.56. The Morgan fingerprint density at radius 1 is 1.03 bits per heavy atom. The Bertz CT molecular complexity index is 1380. The molecule has 5 aromatic rings. The van der Waals surface area contributed by atoms with Crippen LogP contribution in [0.5, 0.6) is 5.75 Å². The molecule has 7 heteroatoms. The van der Waals surface area contributed by atoms with E-state index in [9.17, 15) is 4.79 Å². The van der Waals surface area contributed by atoms with Crippen LogP contribution in [0.3, 0.4) is 0 Å². The Kier molecular flexibility index (Phi) is 6.35. The molecule has 3 aromatic carbocycles. The fourth-order valence-corrected chi connectivity index (χ4v) is 4.86. The van der Waals surface area contributed by atoms with E-state index < -0.39 is 0 Å². The van der Waals surface area contributed by atoms with Crippen molar-refractivity contribution in [2.24, 2.45) is 0 Å². The monoisotopic (exact) mass is 468 g/mol. The largest absolute Gasteiger partial charge is 0.497 e. The molecule has 0 saturated carbocycles. The number of ether oxygens (including phenoxy) is 1. The van der Waals surface area contributed by atoms with Gasteiger partial charge in [-0.05, 0) is 47.9 Å². The molecule has 0 bridgehead atoms. The van der Waals surface area contributed by atoms with Crippen LogP contribution in [0.2, 0.25) is 0 Å². The van der Waals surface area contributed by atoms with E-state index in [1.54, 1.807) is 24.5 Å². The number of rotatable bonds is 8. The molecule has 0 atom stereocenters. The van der Waals surface area contributed by atoms with Crippen LogP contribution in [-0.4, -0.2) is 34.1 Å². The first kappa shape index (κ1) is 21.9. The van der Waals surface area contributed by atoms with Crippen molar-refractivity contribution in [2.45, 2.75) is 13.0 Å². The van der Waals surface area contributed by atoms with Crippen molar-refractivity contribution >= 4 is 32.6 Å². The van der Waals surface area contributed by atoms with Crippen molar-refractivity contribution in [2.75, 3.05) is 18.6 Å². The summed E-state index contributed by atoms with van der Waals surface area (Å²) in [6, 6.07) is 23.7. The molecular formula is C27H24N4O2S. The van der Waals surface area contributed by atoms with Crippen molar-refractivity contribution < 1.29 is 9.53 Å². The number of aromatic nitrogens is 3. The molecule has 0 N–H and O–H groups in total. The number of thiazole rings is 1. The highest BCUT2D eigenvalue weighted by molar-refractivity contribution is 7.22. The molecule has 34 heavy (non-hydrogen) atoms. The van der Waals surface area contributed by atoms with Crippen LogP contribution in [0, 0.1) is 0 Å². The molecular weight excluding hydrogens is 444 g/mol. The number of hydrogen-bond donors (Lipinski definition) is 0. The fourth-order valence-electron chi connectivity index (χ4n) is 3.84. The molecule has 170 valence electrons. The minimum atomic E-state index is -0.0590. The average molecular weight is 469 g/mol. The van der Waals surface area contributed by atoms with E-state index in [2.05, 4.69) is 17.1 Å². The number of methoxy groups -OCH3 is 1. The van der Waals surface area contributed by atoms with Crippen molar-refractivity contribution in [1.82, 2.24) is 14.5 Å². The van der Waals surface area contributed by atoms with Crippen LogP contribution in [0.25, 0.3) is 21.3 Å². The number of carbonyl (C=O) groups is 1. The molecule has 2 aromatic heterocycles. The summed E-state index contributed by atoms with van der Waals surface area (Å²) in [5.41, 5.74) is 3.70. The SMILES string of the molecule is COc1ccc2nc(N(CCCn3ccnc3)C(=O)c3ccc(-c4ccccc4)cc3)sc2c1. The third kappa shape index (κ3) is 4.70. The van der Waals surface area contributed by atoms with Crippen molar-refractivity contribution in [3.8, 4) is 16.9 Å². The first-order valence-corrected chi connectivity index (χ1v) is 11.9. The molecule has 1 amide bonds. The fraction of sp³-hybridized carbons (Fsp3) is 0.148. The first-order chi connectivity index (χ1) is 16.7. The number of aryl methyl sites for hydroxylation is 1. The van der Waals surface area contributed by atoms with Crippen molar-refractivity contribution in [3.63, 3.8) is 0 Å². The van der Waals surface area contributed by atoms with Gasteiger partial charge in [0.05, 0.1) is 23.7 Å². The second-order valence-electron chi connectivity index (χ2n) is 7.88. The van der Waals surface area contributed by atoms with Gasteiger partial charge in [0.2, 0.25) is 0 Å². The molecule has 0 radical (unpaired) electrons. The normalized spacial score (nSPS) is 11.0. The molecule has 5 rings (SSSR count). The number of fused-ring (bicyclic) bond motifs is 1. The maximum atomic E-state index is 13.6. The molecule has 2 heterocycles. The van der Waals surface area contributed by atoms with Gasteiger partial charge < -0.3 is 9.30 Å². The van der Waals surface area contributed by atoms with Gasteiger partial charge in [0.25, 0.3) is 5.91 Å². The summed E-state index contributed by atoms with van der Waals surface area (Å²) < 4.78 is 8.35. The number of benzene rings is 3. The lowest BCUT2D eigenvalue weighted by atomic mass is 10.0. The van der Waals surface area contributed by atoms with Gasteiger partial charge in [-0.1, -0.05) is 53.8 Å².